The first-order valence-corrected chi connectivity index (χ1v) is 7.38. The van der Waals surface area contributed by atoms with Crippen molar-refractivity contribution in [1.82, 2.24) is 10.2 Å². The summed E-state index contributed by atoms with van der Waals surface area (Å²) in [6.45, 7) is 5.05. The number of aliphatic hydroxyl groups excluding tert-OH is 1. The van der Waals surface area contributed by atoms with Gasteiger partial charge in [0, 0.05) is 38.8 Å². The van der Waals surface area contributed by atoms with E-state index in [0.29, 0.717) is 12.2 Å². The van der Waals surface area contributed by atoms with E-state index in [4.69, 9.17) is 0 Å². The third-order valence-electron chi connectivity index (χ3n) is 4.39. The molecule has 2 aliphatic rings. The predicted molar refractivity (Wildman–Crippen MR) is 77.5 cm³/mol. The van der Waals surface area contributed by atoms with Crippen molar-refractivity contribution in [3.63, 3.8) is 0 Å². The highest BCUT2D eigenvalue weighted by Gasteiger charge is 2.31. The second-order valence-corrected chi connectivity index (χ2v) is 5.60. The maximum atomic E-state index is 13.8. The van der Waals surface area contributed by atoms with E-state index in [2.05, 4.69) is 15.1 Å². The number of β-amino-alcohol motifs (C(OH)–C–C–N with tert-alkyl or cyclic N) is 1. The summed E-state index contributed by atoms with van der Waals surface area (Å²) in [5.41, 5.74) is 0.693. The van der Waals surface area contributed by atoms with E-state index >= 15 is 0 Å². The molecule has 3 rings (SSSR count). The molecule has 0 amide bonds. The Bertz CT molecular complexity index is 448. The van der Waals surface area contributed by atoms with Gasteiger partial charge in [0.1, 0.15) is 5.82 Å². The van der Waals surface area contributed by atoms with Crippen LogP contribution in [0.4, 0.5) is 10.1 Å². The van der Waals surface area contributed by atoms with Crippen molar-refractivity contribution in [3.8, 4) is 0 Å². The van der Waals surface area contributed by atoms with Crippen LogP contribution in [0.2, 0.25) is 0 Å². The van der Waals surface area contributed by atoms with Crippen LogP contribution in [0.5, 0.6) is 0 Å². The second kappa shape index (κ2) is 6.08. The van der Waals surface area contributed by atoms with Gasteiger partial charge in [0.2, 0.25) is 0 Å². The molecular formula is C15H22FN3O. The van der Waals surface area contributed by atoms with Gasteiger partial charge in [-0.2, -0.15) is 0 Å². The zero-order chi connectivity index (χ0) is 13.9. The van der Waals surface area contributed by atoms with Crippen LogP contribution < -0.4 is 10.2 Å². The van der Waals surface area contributed by atoms with Crippen molar-refractivity contribution in [3.05, 3.63) is 30.1 Å². The van der Waals surface area contributed by atoms with Crippen LogP contribution in [0, 0.1) is 5.82 Å². The normalized spacial score (nSPS) is 28.6. The second-order valence-electron chi connectivity index (χ2n) is 5.60. The maximum absolute atomic E-state index is 13.8. The smallest absolute Gasteiger partial charge is 0.146 e. The summed E-state index contributed by atoms with van der Waals surface area (Å²) in [6.07, 6.45) is 0.699. The van der Waals surface area contributed by atoms with E-state index in [9.17, 15) is 9.50 Å². The van der Waals surface area contributed by atoms with Gasteiger partial charge in [-0.3, -0.25) is 4.90 Å². The topological polar surface area (TPSA) is 38.7 Å². The van der Waals surface area contributed by atoms with E-state index in [0.717, 1.165) is 39.1 Å². The minimum Gasteiger partial charge on any atom is -0.390 e. The number of rotatable bonds is 2. The molecular weight excluding hydrogens is 257 g/mol. The molecule has 0 unspecified atom stereocenters. The number of anilines is 1. The lowest BCUT2D eigenvalue weighted by atomic mass is 10.0. The van der Waals surface area contributed by atoms with Gasteiger partial charge >= 0.3 is 0 Å². The minimum atomic E-state index is -0.288. The molecule has 110 valence electrons. The fourth-order valence-electron chi connectivity index (χ4n) is 3.26. The van der Waals surface area contributed by atoms with Gasteiger partial charge in [-0.15, -0.1) is 0 Å². The summed E-state index contributed by atoms with van der Waals surface area (Å²) in [4.78, 5) is 4.45. The number of nitrogens with one attached hydrogen (secondary N) is 1. The Balaban J connectivity index is 1.61. The van der Waals surface area contributed by atoms with Gasteiger partial charge in [-0.1, -0.05) is 12.1 Å². The molecule has 20 heavy (non-hydrogen) atoms. The Labute approximate surface area is 119 Å². The lowest BCUT2D eigenvalue weighted by Crippen LogP contribution is -2.58. The van der Waals surface area contributed by atoms with E-state index < -0.39 is 0 Å². The summed E-state index contributed by atoms with van der Waals surface area (Å²) in [6, 6.07) is 7.20. The summed E-state index contributed by atoms with van der Waals surface area (Å²) in [5.74, 6) is -0.150. The number of hydrogen-bond acceptors (Lipinski definition) is 4. The number of para-hydroxylation sites is 1. The fraction of sp³-hybridized carbons (Fsp3) is 0.600. The van der Waals surface area contributed by atoms with Crippen LogP contribution in [-0.4, -0.2) is 61.4 Å². The Morgan fingerprint density at radius 1 is 1.15 bits per heavy atom. The number of piperidine rings is 1. The first-order chi connectivity index (χ1) is 9.75. The van der Waals surface area contributed by atoms with Gasteiger partial charge < -0.3 is 15.3 Å². The molecule has 4 nitrogen and oxygen atoms in total. The zero-order valence-corrected chi connectivity index (χ0v) is 11.6. The lowest BCUT2D eigenvalue weighted by molar-refractivity contribution is 0.0262. The van der Waals surface area contributed by atoms with E-state index in [1.165, 1.54) is 6.07 Å². The number of nitrogens with zero attached hydrogens (tertiary/aromatic N) is 2. The Kier molecular flexibility index (Phi) is 4.19. The average molecular weight is 279 g/mol. The van der Waals surface area contributed by atoms with Crippen LogP contribution in [0.3, 0.4) is 0 Å². The lowest BCUT2D eigenvalue weighted by Gasteiger charge is -2.43. The molecule has 0 aliphatic carbocycles. The van der Waals surface area contributed by atoms with Crippen LogP contribution in [-0.2, 0) is 0 Å². The number of halogens is 1. The van der Waals surface area contributed by atoms with E-state index in [1.54, 1.807) is 6.07 Å². The Morgan fingerprint density at radius 3 is 2.60 bits per heavy atom. The molecule has 2 heterocycles. The summed E-state index contributed by atoms with van der Waals surface area (Å²) < 4.78 is 13.8. The molecule has 1 aromatic rings. The van der Waals surface area contributed by atoms with Gasteiger partial charge in [-0.05, 0) is 25.1 Å². The molecule has 0 bridgehead atoms. The highest BCUT2D eigenvalue weighted by atomic mass is 19.1. The molecule has 1 aromatic carbocycles. The summed E-state index contributed by atoms with van der Waals surface area (Å²) in [7, 11) is 0. The molecule has 2 saturated heterocycles. The van der Waals surface area contributed by atoms with Crippen LogP contribution >= 0.6 is 0 Å². The van der Waals surface area contributed by atoms with Crippen molar-refractivity contribution in [2.75, 3.05) is 44.2 Å². The van der Waals surface area contributed by atoms with Gasteiger partial charge in [-0.25, -0.2) is 4.39 Å². The third kappa shape index (κ3) is 2.80. The molecule has 2 aliphatic heterocycles. The van der Waals surface area contributed by atoms with Crippen LogP contribution in [0.25, 0.3) is 0 Å². The average Bonchev–Trinajstić information content (AvgIpc) is 2.49. The molecule has 2 atom stereocenters. The summed E-state index contributed by atoms with van der Waals surface area (Å²) >= 11 is 0. The van der Waals surface area contributed by atoms with Crippen molar-refractivity contribution < 1.29 is 9.50 Å². The van der Waals surface area contributed by atoms with Crippen LogP contribution in [0.15, 0.2) is 24.3 Å². The SMILES string of the molecule is O[C@H]1CNCC[C@@H]1N1CCN(c2ccccc2F)CC1. The van der Waals surface area contributed by atoms with E-state index in [-0.39, 0.29) is 18.0 Å². The van der Waals surface area contributed by atoms with Crippen molar-refractivity contribution in [1.29, 1.82) is 0 Å². The quantitative estimate of drug-likeness (QED) is 0.835. The number of aliphatic hydroxyl groups is 1. The molecule has 0 saturated carbocycles. The first kappa shape index (κ1) is 13.8. The number of hydrogen-bond donors (Lipinski definition) is 2. The standard InChI is InChI=1S/C15H22FN3O/c16-12-3-1-2-4-13(12)18-7-9-19(10-8-18)14-5-6-17-11-15(14)20/h1-4,14-15,17,20H,5-11H2/t14-,15-/m0/s1. The highest BCUT2D eigenvalue weighted by Crippen LogP contribution is 2.22. The van der Waals surface area contributed by atoms with Crippen molar-refractivity contribution >= 4 is 5.69 Å². The largest absolute Gasteiger partial charge is 0.390 e. The zero-order valence-electron chi connectivity index (χ0n) is 11.6. The fourth-order valence-corrected chi connectivity index (χ4v) is 3.26. The molecule has 0 spiro atoms. The van der Waals surface area contributed by atoms with Crippen molar-refractivity contribution in [2.24, 2.45) is 0 Å². The molecule has 2 N–H and O–H groups in total. The van der Waals surface area contributed by atoms with Gasteiger partial charge in [0.25, 0.3) is 0 Å². The maximum Gasteiger partial charge on any atom is 0.146 e. The minimum absolute atomic E-state index is 0.150. The Morgan fingerprint density at radius 2 is 1.90 bits per heavy atom. The van der Waals surface area contributed by atoms with Gasteiger partial charge in [0.15, 0.2) is 0 Å². The summed E-state index contributed by atoms with van der Waals surface area (Å²) in [5, 5.41) is 13.3. The van der Waals surface area contributed by atoms with E-state index in [1.807, 2.05) is 12.1 Å². The number of piperazine rings is 1. The van der Waals surface area contributed by atoms with Gasteiger partial charge in [0.05, 0.1) is 11.8 Å². The van der Waals surface area contributed by atoms with Crippen LogP contribution in [0.1, 0.15) is 6.42 Å². The van der Waals surface area contributed by atoms with Crippen molar-refractivity contribution in [2.45, 2.75) is 18.6 Å². The number of benzene rings is 1. The Hall–Kier alpha value is -1.17. The third-order valence-corrected chi connectivity index (χ3v) is 4.39. The highest BCUT2D eigenvalue weighted by molar-refractivity contribution is 5.48. The molecule has 0 radical (unpaired) electrons. The monoisotopic (exact) mass is 279 g/mol. The molecule has 0 aromatic heterocycles. The first-order valence-electron chi connectivity index (χ1n) is 7.38. The predicted octanol–water partition coefficient (Wildman–Crippen LogP) is 0.671. The molecule has 5 heteroatoms. The molecule has 2 fully saturated rings.